The normalized spacial score (nSPS) is 16.7. The van der Waals surface area contributed by atoms with Crippen molar-refractivity contribution in [3.05, 3.63) is 12.1 Å². The van der Waals surface area contributed by atoms with Gasteiger partial charge in [-0.2, -0.15) is 11.8 Å². The monoisotopic (exact) mass is 307 g/mol. The highest BCUT2D eigenvalue weighted by Gasteiger charge is 2.37. The molecule has 0 saturated heterocycles. The van der Waals surface area contributed by atoms with Gasteiger partial charge in [-0.15, -0.1) is 0 Å². The van der Waals surface area contributed by atoms with Crippen LogP contribution in [0.15, 0.2) is 12.1 Å². The van der Waals surface area contributed by atoms with Crippen LogP contribution in [0.3, 0.4) is 0 Å². The molecule has 1 saturated carbocycles. The number of hydrogen-bond donors (Lipinski definition) is 1. The number of methoxy groups -OCH3 is 2. The van der Waals surface area contributed by atoms with Crippen molar-refractivity contribution in [3.63, 3.8) is 0 Å². The van der Waals surface area contributed by atoms with Crippen molar-refractivity contribution in [2.45, 2.75) is 30.6 Å². The first-order chi connectivity index (χ1) is 10.1. The number of nitrogens with zero attached hydrogens (tertiary/aromatic N) is 2. The number of ether oxygens (including phenoxy) is 2. The Kier molecular flexibility index (Phi) is 3.65. The molecule has 1 fully saturated rings. The summed E-state index contributed by atoms with van der Waals surface area (Å²) in [4.78, 5) is 4.47. The molecular formula is C15H21N3O2S. The Labute approximate surface area is 128 Å². The van der Waals surface area contributed by atoms with E-state index >= 15 is 0 Å². The lowest BCUT2D eigenvalue weighted by Crippen LogP contribution is -2.38. The zero-order chi connectivity index (χ0) is 15.0. The Balaban J connectivity index is 2.07. The average Bonchev–Trinajstić information content (AvgIpc) is 2.76. The van der Waals surface area contributed by atoms with Crippen LogP contribution in [-0.4, -0.2) is 34.8 Å². The molecule has 1 aromatic heterocycles. The number of thioether (sulfide) groups is 1. The van der Waals surface area contributed by atoms with E-state index in [0.29, 0.717) is 22.2 Å². The van der Waals surface area contributed by atoms with Gasteiger partial charge in [-0.3, -0.25) is 0 Å². The molecule has 2 aromatic rings. The number of hydrogen-bond acceptors (Lipinski definition) is 5. The highest BCUT2D eigenvalue weighted by atomic mass is 32.2. The Hall–Kier alpha value is -1.56. The predicted molar refractivity (Wildman–Crippen MR) is 87.3 cm³/mol. The summed E-state index contributed by atoms with van der Waals surface area (Å²) in [5, 5.41) is 0. The van der Waals surface area contributed by atoms with Crippen molar-refractivity contribution in [2.24, 2.45) is 0 Å². The molecule has 0 spiro atoms. The Morgan fingerprint density at radius 3 is 2.48 bits per heavy atom. The first kappa shape index (κ1) is 14.4. The lowest BCUT2D eigenvalue weighted by Gasteiger charge is -2.40. The molecule has 0 atom stereocenters. The van der Waals surface area contributed by atoms with Crippen LogP contribution in [0.5, 0.6) is 11.5 Å². The van der Waals surface area contributed by atoms with E-state index in [1.54, 1.807) is 14.2 Å². The summed E-state index contributed by atoms with van der Waals surface area (Å²) < 4.78 is 13.1. The van der Waals surface area contributed by atoms with Gasteiger partial charge >= 0.3 is 0 Å². The molecule has 114 valence electrons. The van der Waals surface area contributed by atoms with Crippen molar-refractivity contribution in [2.75, 3.05) is 26.2 Å². The third kappa shape index (κ3) is 2.31. The van der Waals surface area contributed by atoms with Gasteiger partial charge in [-0.25, -0.2) is 4.98 Å². The Morgan fingerprint density at radius 1 is 1.29 bits per heavy atom. The highest BCUT2D eigenvalue weighted by Crippen LogP contribution is 2.45. The third-order valence-corrected chi connectivity index (χ3v) is 5.83. The van der Waals surface area contributed by atoms with Gasteiger partial charge in [-0.05, 0) is 19.1 Å². The molecule has 1 aliphatic rings. The van der Waals surface area contributed by atoms with E-state index < -0.39 is 0 Å². The maximum absolute atomic E-state index is 6.14. The summed E-state index contributed by atoms with van der Waals surface area (Å²) in [5.74, 6) is 1.94. The second kappa shape index (κ2) is 5.33. The molecule has 2 N–H and O–H groups in total. The molecule has 0 aliphatic heterocycles. The van der Waals surface area contributed by atoms with E-state index in [1.165, 1.54) is 19.3 Å². The number of benzene rings is 1. The molecule has 21 heavy (non-hydrogen) atoms. The molecule has 1 aromatic carbocycles. The minimum Gasteiger partial charge on any atom is -0.493 e. The zero-order valence-corrected chi connectivity index (χ0v) is 13.5. The minimum absolute atomic E-state index is 0.301. The summed E-state index contributed by atoms with van der Waals surface area (Å²) in [5.41, 5.74) is 7.99. The van der Waals surface area contributed by atoms with Crippen molar-refractivity contribution in [1.82, 2.24) is 9.55 Å². The maximum Gasteiger partial charge on any atom is 0.201 e. The number of imidazole rings is 1. The van der Waals surface area contributed by atoms with Crippen molar-refractivity contribution in [1.29, 1.82) is 0 Å². The standard InChI is InChI=1S/C15H21N3O2S/c1-19-12-7-10-11(8-13(12)20-2)18(14(16)17-10)9-15(21-3)5-4-6-15/h7-8H,4-6,9H2,1-3H3,(H2,16,17). The SMILES string of the molecule is COc1cc2nc(N)n(CC3(SC)CCC3)c2cc1OC. The van der Waals surface area contributed by atoms with Gasteiger partial charge < -0.3 is 19.8 Å². The molecule has 1 aliphatic carbocycles. The molecule has 1 heterocycles. The summed E-state index contributed by atoms with van der Waals surface area (Å²) >= 11 is 1.93. The van der Waals surface area contributed by atoms with Crippen LogP contribution in [-0.2, 0) is 6.54 Å². The smallest absolute Gasteiger partial charge is 0.201 e. The number of anilines is 1. The molecule has 0 amide bonds. The van der Waals surface area contributed by atoms with E-state index in [2.05, 4.69) is 15.8 Å². The van der Waals surface area contributed by atoms with Gasteiger partial charge in [0.1, 0.15) is 0 Å². The molecule has 0 radical (unpaired) electrons. The maximum atomic E-state index is 6.14. The Morgan fingerprint density at radius 2 is 1.95 bits per heavy atom. The first-order valence-electron chi connectivity index (χ1n) is 7.05. The first-order valence-corrected chi connectivity index (χ1v) is 8.28. The fraction of sp³-hybridized carbons (Fsp3) is 0.533. The van der Waals surface area contributed by atoms with E-state index in [1.807, 2.05) is 23.9 Å². The molecule has 0 unspecified atom stereocenters. The quantitative estimate of drug-likeness (QED) is 0.920. The van der Waals surface area contributed by atoms with Crippen molar-refractivity contribution >= 4 is 28.7 Å². The largest absolute Gasteiger partial charge is 0.493 e. The van der Waals surface area contributed by atoms with E-state index in [9.17, 15) is 0 Å². The number of rotatable bonds is 5. The van der Waals surface area contributed by atoms with Crippen molar-refractivity contribution < 1.29 is 9.47 Å². The van der Waals surface area contributed by atoms with Crippen LogP contribution in [0, 0.1) is 0 Å². The number of aromatic nitrogens is 2. The van der Waals surface area contributed by atoms with Crippen LogP contribution < -0.4 is 15.2 Å². The van der Waals surface area contributed by atoms with Crippen LogP contribution >= 0.6 is 11.8 Å². The van der Waals surface area contributed by atoms with Gasteiger partial charge in [0.25, 0.3) is 0 Å². The molecular weight excluding hydrogens is 286 g/mol. The average molecular weight is 307 g/mol. The molecule has 6 heteroatoms. The fourth-order valence-corrected chi connectivity index (χ4v) is 3.88. The molecule has 3 rings (SSSR count). The lowest BCUT2D eigenvalue weighted by atomic mass is 9.84. The molecule has 0 bridgehead atoms. The third-order valence-electron chi connectivity index (χ3n) is 4.43. The van der Waals surface area contributed by atoms with Crippen LogP contribution in [0.4, 0.5) is 5.95 Å². The number of fused-ring (bicyclic) bond motifs is 1. The summed E-state index contributed by atoms with van der Waals surface area (Å²) in [7, 11) is 3.27. The van der Waals surface area contributed by atoms with E-state index in [4.69, 9.17) is 15.2 Å². The molecule has 5 nitrogen and oxygen atoms in total. The summed E-state index contributed by atoms with van der Waals surface area (Å²) in [6.45, 7) is 0.895. The van der Waals surface area contributed by atoms with Crippen molar-refractivity contribution in [3.8, 4) is 11.5 Å². The van der Waals surface area contributed by atoms with Crippen LogP contribution in [0.2, 0.25) is 0 Å². The second-order valence-corrected chi connectivity index (χ2v) is 6.77. The summed E-state index contributed by atoms with van der Waals surface area (Å²) in [6.07, 6.45) is 5.95. The van der Waals surface area contributed by atoms with E-state index in [-0.39, 0.29) is 0 Å². The van der Waals surface area contributed by atoms with Crippen LogP contribution in [0.25, 0.3) is 11.0 Å². The van der Waals surface area contributed by atoms with Gasteiger partial charge in [0.2, 0.25) is 5.95 Å². The Bertz CT molecular complexity index is 659. The summed E-state index contributed by atoms with van der Waals surface area (Å²) in [6, 6.07) is 3.85. The topological polar surface area (TPSA) is 62.3 Å². The van der Waals surface area contributed by atoms with Gasteiger partial charge in [0, 0.05) is 23.4 Å². The fourth-order valence-electron chi connectivity index (χ4n) is 2.92. The zero-order valence-electron chi connectivity index (χ0n) is 12.7. The van der Waals surface area contributed by atoms with Crippen LogP contribution in [0.1, 0.15) is 19.3 Å². The van der Waals surface area contributed by atoms with Gasteiger partial charge in [0.05, 0.1) is 25.3 Å². The predicted octanol–water partition coefficient (Wildman–Crippen LogP) is 2.92. The number of nitrogens with two attached hydrogens (primary N) is 1. The van der Waals surface area contributed by atoms with Gasteiger partial charge in [-0.1, -0.05) is 6.42 Å². The van der Waals surface area contributed by atoms with E-state index in [0.717, 1.165) is 17.6 Å². The second-order valence-electron chi connectivity index (χ2n) is 5.49. The lowest BCUT2D eigenvalue weighted by molar-refractivity contribution is 0.326. The van der Waals surface area contributed by atoms with Gasteiger partial charge in [0.15, 0.2) is 11.5 Å². The highest BCUT2D eigenvalue weighted by molar-refractivity contribution is 8.00. The minimum atomic E-state index is 0.301. The number of nitrogen functional groups attached to an aromatic ring is 1.